The van der Waals surface area contributed by atoms with Gasteiger partial charge < -0.3 is 4.42 Å². The Morgan fingerprint density at radius 2 is 0.797 bits per heavy atom. The lowest BCUT2D eigenvalue weighted by Crippen LogP contribution is -2.00. The van der Waals surface area contributed by atoms with Crippen LogP contribution < -0.4 is 0 Å². The van der Waals surface area contributed by atoms with Gasteiger partial charge in [0.05, 0.1) is 16.4 Å². The molecule has 0 unspecified atom stereocenters. The van der Waals surface area contributed by atoms with Gasteiger partial charge in [-0.3, -0.25) is 4.98 Å². The van der Waals surface area contributed by atoms with Gasteiger partial charge in [-0.1, -0.05) is 164 Å². The maximum absolute atomic E-state index is 6.26. The highest BCUT2D eigenvalue weighted by molar-refractivity contribution is 6.17. The molecule has 0 bridgehead atoms. The SMILES string of the molecule is c1ccc(-c2ccc(-c3nc(-c4ccccc4)nc(-c4ccc(-c5cccc(-c6cccc(-c7c8ncccc8nc8oc9ccccc9c78)c6)c5)cc4)n3)cc2)cc1. The molecule has 0 radical (unpaired) electrons. The molecule has 11 rings (SSSR count). The third-order valence-corrected chi connectivity index (χ3v) is 10.8. The zero-order chi connectivity index (χ0) is 39.1. The second-order valence-corrected chi connectivity index (χ2v) is 14.5. The minimum atomic E-state index is 0.611. The van der Waals surface area contributed by atoms with Gasteiger partial charge in [0.25, 0.3) is 0 Å². The van der Waals surface area contributed by atoms with Crippen LogP contribution in [-0.4, -0.2) is 24.9 Å². The summed E-state index contributed by atoms with van der Waals surface area (Å²) < 4.78 is 6.26. The molecule has 0 atom stereocenters. The van der Waals surface area contributed by atoms with E-state index in [0.29, 0.717) is 23.2 Å². The van der Waals surface area contributed by atoms with Gasteiger partial charge in [0, 0.05) is 33.8 Å². The molecule has 7 aromatic carbocycles. The number of pyridine rings is 2. The molecular formula is C53H33N5O. The van der Waals surface area contributed by atoms with Crippen LogP contribution in [0.4, 0.5) is 0 Å². The summed E-state index contributed by atoms with van der Waals surface area (Å²) in [5.74, 6) is 1.88. The standard InChI is InChI=1S/C53H33N5O/c1-3-12-34(13-4-1)35-23-27-38(28-24-35)51-56-50(37-14-5-2-6-15-37)57-52(58-51)39-29-25-36(26-30-39)40-16-9-17-41(32-40)42-18-10-19-43(33-42)47-48-44-20-7-8-22-46(44)59-53(48)55-45-21-11-31-54-49(45)47/h1-33H. The lowest BCUT2D eigenvalue weighted by molar-refractivity contribution is 0.656. The van der Waals surface area contributed by atoms with Crippen LogP contribution in [0.3, 0.4) is 0 Å². The van der Waals surface area contributed by atoms with Crippen LogP contribution in [0.1, 0.15) is 0 Å². The van der Waals surface area contributed by atoms with E-state index in [1.54, 1.807) is 0 Å². The van der Waals surface area contributed by atoms with Crippen molar-refractivity contribution in [2.45, 2.75) is 0 Å². The molecule has 0 aliphatic rings. The molecule has 0 fully saturated rings. The van der Waals surface area contributed by atoms with Gasteiger partial charge >= 0.3 is 0 Å². The molecule has 276 valence electrons. The molecule has 4 heterocycles. The number of fused-ring (bicyclic) bond motifs is 4. The van der Waals surface area contributed by atoms with Gasteiger partial charge in [0.2, 0.25) is 5.71 Å². The summed E-state index contributed by atoms with van der Waals surface area (Å²) in [5.41, 5.74) is 14.6. The van der Waals surface area contributed by atoms with Crippen LogP contribution in [0.15, 0.2) is 205 Å². The van der Waals surface area contributed by atoms with Crippen LogP contribution >= 0.6 is 0 Å². The fraction of sp³-hybridized carbons (Fsp3) is 0. The maximum atomic E-state index is 6.26. The first kappa shape index (κ1) is 34.2. The second kappa shape index (κ2) is 14.4. The quantitative estimate of drug-likeness (QED) is 0.161. The van der Waals surface area contributed by atoms with Crippen molar-refractivity contribution in [3.05, 3.63) is 200 Å². The molecule has 0 amide bonds. The molecule has 6 heteroatoms. The number of hydrogen-bond donors (Lipinski definition) is 0. The summed E-state index contributed by atoms with van der Waals surface area (Å²) in [6, 6.07) is 66.6. The van der Waals surface area contributed by atoms with E-state index in [4.69, 9.17) is 29.3 Å². The summed E-state index contributed by atoms with van der Waals surface area (Å²) >= 11 is 0. The van der Waals surface area contributed by atoms with E-state index < -0.39 is 0 Å². The third kappa shape index (κ3) is 6.39. The van der Waals surface area contributed by atoms with E-state index >= 15 is 0 Å². The van der Waals surface area contributed by atoms with Crippen molar-refractivity contribution < 1.29 is 4.42 Å². The molecule has 59 heavy (non-hydrogen) atoms. The predicted molar refractivity (Wildman–Crippen MR) is 238 cm³/mol. The minimum absolute atomic E-state index is 0.611. The van der Waals surface area contributed by atoms with Crippen molar-refractivity contribution in [1.29, 1.82) is 0 Å². The maximum Gasteiger partial charge on any atom is 0.228 e. The van der Waals surface area contributed by atoms with Gasteiger partial charge in [-0.25, -0.2) is 19.9 Å². The number of furan rings is 1. The van der Waals surface area contributed by atoms with Gasteiger partial charge in [0.1, 0.15) is 5.58 Å². The Bertz CT molecular complexity index is 3310. The van der Waals surface area contributed by atoms with Crippen LogP contribution in [-0.2, 0) is 0 Å². The zero-order valence-corrected chi connectivity index (χ0v) is 31.7. The van der Waals surface area contributed by atoms with Crippen molar-refractivity contribution in [3.63, 3.8) is 0 Å². The Morgan fingerprint density at radius 1 is 0.339 bits per heavy atom. The van der Waals surface area contributed by atoms with E-state index in [0.717, 1.165) is 83.0 Å². The Labute approximate surface area is 340 Å². The number of hydrogen-bond acceptors (Lipinski definition) is 6. The Hall–Kier alpha value is -8.09. The first-order valence-corrected chi connectivity index (χ1v) is 19.6. The Balaban J connectivity index is 0.940. The summed E-state index contributed by atoms with van der Waals surface area (Å²) in [6.45, 7) is 0. The van der Waals surface area contributed by atoms with Crippen LogP contribution in [0.25, 0.3) is 112 Å². The summed E-state index contributed by atoms with van der Waals surface area (Å²) in [7, 11) is 0. The second-order valence-electron chi connectivity index (χ2n) is 14.5. The van der Waals surface area contributed by atoms with E-state index in [-0.39, 0.29) is 0 Å². The number of benzene rings is 7. The van der Waals surface area contributed by atoms with Gasteiger partial charge in [-0.05, 0) is 69.3 Å². The smallest absolute Gasteiger partial charge is 0.228 e. The van der Waals surface area contributed by atoms with E-state index in [1.165, 1.54) is 5.56 Å². The van der Waals surface area contributed by atoms with Gasteiger partial charge in [0.15, 0.2) is 17.5 Å². The molecule has 0 saturated heterocycles. The molecule has 0 spiro atoms. The molecule has 0 saturated carbocycles. The van der Waals surface area contributed by atoms with Gasteiger partial charge in [-0.2, -0.15) is 0 Å². The number of aromatic nitrogens is 5. The zero-order valence-electron chi connectivity index (χ0n) is 31.7. The lowest BCUT2D eigenvalue weighted by Gasteiger charge is -2.11. The normalized spacial score (nSPS) is 11.4. The third-order valence-electron chi connectivity index (χ3n) is 10.8. The monoisotopic (exact) mass is 755 g/mol. The minimum Gasteiger partial charge on any atom is -0.438 e. The van der Waals surface area contributed by atoms with E-state index in [1.807, 2.05) is 72.9 Å². The van der Waals surface area contributed by atoms with E-state index in [2.05, 4.69) is 127 Å². The average molecular weight is 756 g/mol. The summed E-state index contributed by atoms with van der Waals surface area (Å²) in [5, 5.41) is 2.00. The van der Waals surface area contributed by atoms with Crippen molar-refractivity contribution >= 4 is 33.1 Å². The number of nitrogens with zero attached hydrogens (tertiary/aromatic N) is 5. The number of rotatable bonds is 7. The highest BCUT2D eigenvalue weighted by Crippen LogP contribution is 2.41. The van der Waals surface area contributed by atoms with Crippen molar-refractivity contribution in [3.8, 4) is 78.7 Å². The molecule has 11 aromatic rings. The first-order chi connectivity index (χ1) is 29.2. The highest BCUT2D eigenvalue weighted by atomic mass is 16.3. The van der Waals surface area contributed by atoms with Crippen molar-refractivity contribution in [2.24, 2.45) is 0 Å². The molecule has 4 aromatic heterocycles. The van der Waals surface area contributed by atoms with E-state index in [9.17, 15) is 0 Å². The molecule has 0 aliphatic heterocycles. The molecule has 0 N–H and O–H groups in total. The van der Waals surface area contributed by atoms with Crippen LogP contribution in [0.5, 0.6) is 0 Å². The predicted octanol–water partition coefficient (Wildman–Crippen LogP) is 13.4. The van der Waals surface area contributed by atoms with Crippen LogP contribution in [0.2, 0.25) is 0 Å². The van der Waals surface area contributed by atoms with Gasteiger partial charge in [-0.15, -0.1) is 0 Å². The fourth-order valence-electron chi connectivity index (χ4n) is 7.88. The average Bonchev–Trinajstić information content (AvgIpc) is 3.69. The lowest BCUT2D eigenvalue weighted by atomic mass is 9.94. The Kier molecular flexibility index (Phi) is 8.37. The molecule has 0 aliphatic carbocycles. The largest absolute Gasteiger partial charge is 0.438 e. The Morgan fingerprint density at radius 3 is 1.44 bits per heavy atom. The van der Waals surface area contributed by atoms with Crippen LogP contribution in [0, 0.1) is 0 Å². The molecular weight excluding hydrogens is 723 g/mol. The van der Waals surface area contributed by atoms with Crippen molar-refractivity contribution in [2.75, 3.05) is 0 Å². The summed E-state index contributed by atoms with van der Waals surface area (Å²) in [6.07, 6.45) is 1.83. The number of para-hydroxylation sites is 1. The van der Waals surface area contributed by atoms with Crippen molar-refractivity contribution in [1.82, 2.24) is 24.9 Å². The highest BCUT2D eigenvalue weighted by Gasteiger charge is 2.19. The summed E-state index contributed by atoms with van der Waals surface area (Å²) in [4.78, 5) is 24.6. The molecule has 6 nitrogen and oxygen atoms in total. The topological polar surface area (TPSA) is 77.6 Å². The first-order valence-electron chi connectivity index (χ1n) is 19.6. The fourth-order valence-corrected chi connectivity index (χ4v) is 7.88.